The number of aliphatic imine (C=N–C) groups is 1. The first-order valence-electron chi connectivity index (χ1n) is 9.56. The van der Waals surface area contributed by atoms with Gasteiger partial charge < -0.3 is 15.2 Å². The average molecular weight is 404 g/mol. The van der Waals surface area contributed by atoms with Crippen molar-refractivity contribution in [3.8, 4) is 11.9 Å². The molecule has 2 unspecified atom stereocenters. The van der Waals surface area contributed by atoms with Gasteiger partial charge in [0.2, 0.25) is 6.19 Å². The van der Waals surface area contributed by atoms with Crippen LogP contribution >= 0.6 is 0 Å². The van der Waals surface area contributed by atoms with Crippen LogP contribution in [0.4, 0.5) is 0 Å². The lowest BCUT2D eigenvalue weighted by atomic mass is 9.51. The van der Waals surface area contributed by atoms with Gasteiger partial charge in [-0.2, -0.15) is 10.3 Å². The number of aliphatic hydroxyl groups is 1. The Morgan fingerprint density at radius 1 is 1.29 bits per heavy atom. The molecule has 28 heavy (non-hydrogen) atoms. The number of nitrogens with one attached hydrogen (secondary N) is 1. The first-order chi connectivity index (χ1) is 13.2. The van der Waals surface area contributed by atoms with Gasteiger partial charge in [-0.05, 0) is 74.6 Å². The standard InChI is InChI=1S/C20H25N3O4S/c1-28(25,26)13-27-17-4-2-16(3-5-17)18(22-12-21)23-19-7-14-6-15(8-19)10-20(24,9-14)11-19/h2-5,14-15,24H,6-11,13H2,1H3,(H,22,23). The molecule has 4 bridgehead atoms. The second-order valence-corrected chi connectivity index (χ2v) is 11.0. The lowest BCUT2D eigenvalue weighted by molar-refractivity contribution is -0.138. The molecule has 150 valence electrons. The van der Waals surface area contributed by atoms with Crippen LogP contribution in [0.3, 0.4) is 0 Å². The van der Waals surface area contributed by atoms with Gasteiger partial charge in [0.15, 0.2) is 15.8 Å². The Kier molecular flexibility index (Phi) is 4.63. The summed E-state index contributed by atoms with van der Waals surface area (Å²) in [6.07, 6.45) is 8.60. The van der Waals surface area contributed by atoms with Gasteiger partial charge in [-0.25, -0.2) is 8.42 Å². The third-order valence-electron chi connectivity index (χ3n) is 6.14. The van der Waals surface area contributed by atoms with Crippen molar-refractivity contribution >= 4 is 15.7 Å². The van der Waals surface area contributed by atoms with Crippen molar-refractivity contribution in [3.63, 3.8) is 0 Å². The molecule has 0 heterocycles. The van der Waals surface area contributed by atoms with Gasteiger partial charge in [-0.3, -0.25) is 0 Å². The van der Waals surface area contributed by atoms with Gasteiger partial charge >= 0.3 is 0 Å². The Morgan fingerprint density at radius 3 is 2.46 bits per heavy atom. The van der Waals surface area contributed by atoms with E-state index in [1.165, 1.54) is 6.42 Å². The van der Waals surface area contributed by atoms with Gasteiger partial charge in [0, 0.05) is 17.4 Å². The number of nitriles is 1. The lowest BCUT2D eigenvalue weighted by Crippen LogP contribution is -2.65. The number of amidine groups is 1. The van der Waals surface area contributed by atoms with Crippen molar-refractivity contribution in [3.05, 3.63) is 29.8 Å². The molecule has 8 heteroatoms. The van der Waals surface area contributed by atoms with Crippen molar-refractivity contribution in [1.82, 2.24) is 5.32 Å². The molecule has 5 rings (SSSR count). The van der Waals surface area contributed by atoms with Crippen LogP contribution in [0.25, 0.3) is 0 Å². The Hall–Kier alpha value is -2.11. The van der Waals surface area contributed by atoms with Crippen LogP contribution < -0.4 is 10.1 Å². The zero-order valence-corrected chi connectivity index (χ0v) is 16.7. The van der Waals surface area contributed by atoms with Crippen molar-refractivity contribution in [1.29, 1.82) is 5.26 Å². The molecule has 2 atom stereocenters. The Morgan fingerprint density at radius 2 is 1.93 bits per heavy atom. The largest absolute Gasteiger partial charge is 0.478 e. The van der Waals surface area contributed by atoms with E-state index in [1.807, 2.05) is 6.19 Å². The van der Waals surface area contributed by atoms with Gasteiger partial charge in [0.05, 0.1) is 5.60 Å². The Balaban J connectivity index is 1.52. The second kappa shape index (κ2) is 6.75. The first-order valence-corrected chi connectivity index (χ1v) is 11.6. The van der Waals surface area contributed by atoms with Crippen LogP contribution in [-0.2, 0) is 9.84 Å². The Labute approximate surface area is 165 Å². The first kappa shape index (κ1) is 19.2. The van der Waals surface area contributed by atoms with E-state index in [2.05, 4.69) is 10.3 Å². The van der Waals surface area contributed by atoms with Gasteiger partial charge in [-0.1, -0.05) is 0 Å². The van der Waals surface area contributed by atoms with E-state index >= 15 is 0 Å². The van der Waals surface area contributed by atoms with Crippen molar-refractivity contribution in [2.75, 3.05) is 12.2 Å². The van der Waals surface area contributed by atoms with Gasteiger partial charge in [0.1, 0.15) is 11.6 Å². The maximum Gasteiger partial charge on any atom is 0.207 e. The number of hydrogen-bond acceptors (Lipinski definition) is 6. The van der Waals surface area contributed by atoms with Crippen LogP contribution in [0.2, 0.25) is 0 Å². The van der Waals surface area contributed by atoms with E-state index in [-0.39, 0.29) is 11.5 Å². The van der Waals surface area contributed by atoms with E-state index in [9.17, 15) is 18.8 Å². The molecule has 0 aromatic heterocycles. The summed E-state index contributed by atoms with van der Waals surface area (Å²) in [6, 6.07) is 6.86. The fourth-order valence-electron chi connectivity index (χ4n) is 5.71. The molecule has 0 aliphatic heterocycles. The van der Waals surface area contributed by atoms with E-state index < -0.39 is 15.4 Å². The van der Waals surface area contributed by atoms with Gasteiger partial charge in [-0.15, -0.1) is 0 Å². The SMILES string of the molecule is CS(=O)(=O)COc1ccc(C(=NC#N)NC23CC4CC(CC(O)(C4)C2)C3)cc1. The number of ether oxygens (including phenoxy) is 1. The quantitative estimate of drug-likeness (QED) is 0.442. The van der Waals surface area contributed by atoms with Crippen LogP contribution in [0.15, 0.2) is 29.3 Å². The minimum atomic E-state index is -3.22. The van der Waals surface area contributed by atoms with Gasteiger partial charge in [0.25, 0.3) is 0 Å². The summed E-state index contributed by atoms with van der Waals surface area (Å²) >= 11 is 0. The zero-order chi connectivity index (χ0) is 20.0. The summed E-state index contributed by atoms with van der Waals surface area (Å²) in [5.74, 6) is 1.59. The smallest absolute Gasteiger partial charge is 0.207 e. The molecule has 0 radical (unpaired) electrons. The van der Waals surface area contributed by atoms with E-state index in [0.29, 0.717) is 29.8 Å². The molecule has 0 amide bonds. The summed E-state index contributed by atoms with van der Waals surface area (Å²) < 4.78 is 27.7. The Bertz CT molecular complexity index is 919. The molecule has 4 saturated carbocycles. The molecule has 0 saturated heterocycles. The number of benzene rings is 1. The number of rotatable bonds is 5. The minimum absolute atomic E-state index is 0.222. The number of hydrogen-bond donors (Lipinski definition) is 2. The van der Waals surface area contributed by atoms with E-state index in [4.69, 9.17) is 4.74 Å². The monoisotopic (exact) mass is 403 g/mol. The van der Waals surface area contributed by atoms with Crippen LogP contribution in [0.5, 0.6) is 5.75 Å². The maximum atomic E-state index is 11.2. The lowest BCUT2D eigenvalue weighted by Gasteiger charge is -2.60. The zero-order valence-electron chi connectivity index (χ0n) is 15.9. The highest BCUT2D eigenvalue weighted by atomic mass is 32.2. The fraction of sp³-hybridized carbons (Fsp3) is 0.600. The predicted molar refractivity (Wildman–Crippen MR) is 104 cm³/mol. The molecule has 4 fully saturated rings. The second-order valence-electron chi connectivity index (χ2n) is 8.86. The highest BCUT2D eigenvalue weighted by molar-refractivity contribution is 7.90. The topological polar surface area (TPSA) is 112 Å². The molecule has 2 N–H and O–H groups in total. The third-order valence-corrected chi connectivity index (χ3v) is 6.69. The molecular formula is C20H25N3O4S. The van der Waals surface area contributed by atoms with E-state index in [1.54, 1.807) is 24.3 Å². The van der Waals surface area contributed by atoms with Crippen molar-refractivity contribution < 1.29 is 18.3 Å². The minimum Gasteiger partial charge on any atom is -0.478 e. The maximum absolute atomic E-state index is 11.2. The molecule has 4 aliphatic rings. The summed E-state index contributed by atoms with van der Waals surface area (Å²) in [7, 11) is -3.22. The molecule has 7 nitrogen and oxygen atoms in total. The summed E-state index contributed by atoms with van der Waals surface area (Å²) in [6.45, 7) is 0. The molecule has 1 aromatic rings. The summed E-state index contributed by atoms with van der Waals surface area (Å²) in [5, 5.41) is 23.6. The number of sulfone groups is 1. The average Bonchev–Trinajstić information content (AvgIpc) is 2.57. The summed E-state index contributed by atoms with van der Waals surface area (Å²) in [5.41, 5.74) is -0.0889. The predicted octanol–water partition coefficient (Wildman–Crippen LogP) is 1.97. The van der Waals surface area contributed by atoms with Crippen molar-refractivity contribution in [2.24, 2.45) is 16.8 Å². The molecular weight excluding hydrogens is 378 g/mol. The summed E-state index contributed by atoms with van der Waals surface area (Å²) in [4.78, 5) is 4.00. The van der Waals surface area contributed by atoms with Crippen LogP contribution in [0, 0.1) is 23.3 Å². The highest BCUT2D eigenvalue weighted by Gasteiger charge is 2.57. The van der Waals surface area contributed by atoms with Crippen molar-refractivity contribution in [2.45, 2.75) is 49.7 Å². The van der Waals surface area contributed by atoms with E-state index in [0.717, 1.165) is 37.5 Å². The molecule has 0 spiro atoms. The highest BCUT2D eigenvalue weighted by Crippen LogP contribution is 2.57. The molecule has 4 aliphatic carbocycles. The normalized spacial score (nSPS) is 34.1. The number of nitrogens with zero attached hydrogens (tertiary/aromatic N) is 2. The molecule has 1 aromatic carbocycles. The third kappa shape index (κ3) is 4.01. The van der Waals surface area contributed by atoms with Crippen LogP contribution in [-0.4, -0.2) is 42.7 Å². The van der Waals surface area contributed by atoms with Crippen LogP contribution in [0.1, 0.15) is 44.1 Å². The fourth-order valence-corrected chi connectivity index (χ4v) is 6.06.